The second-order valence-electron chi connectivity index (χ2n) is 6.75. The minimum absolute atomic E-state index is 0.414. The van der Waals surface area contributed by atoms with E-state index in [2.05, 4.69) is 48.9 Å². The molecule has 3 heteroatoms. The SMILES string of the molecule is CCCn1ccnc1C(NC)C1CCC(C)(C)CC1. The van der Waals surface area contributed by atoms with Gasteiger partial charge in [0.05, 0.1) is 6.04 Å². The highest BCUT2D eigenvalue weighted by Crippen LogP contribution is 2.42. The molecule has 1 saturated carbocycles. The van der Waals surface area contributed by atoms with Gasteiger partial charge in [-0.15, -0.1) is 0 Å². The molecule has 0 saturated heterocycles. The maximum atomic E-state index is 4.62. The third-order valence-electron chi connectivity index (χ3n) is 4.66. The number of aryl methyl sites for hydroxylation is 1. The number of nitrogens with zero attached hydrogens (tertiary/aromatic N) is 2. The highest BCUT2D eigenvalue weighted by molar-refractivity contribution is 5.02. The van der Waals surface area contributed by atoms with E-state index >= 15 is 0 Å². The zero-order chi connectivity index (χ0) is 13.9. The van der Waals surface area contributed by atoms with Crippen LogP contribution >= 0.6 is 0 Å². The van der Waals surface area contributed by atoms with E-state index in [9.17, 15) is 0 Å². The first-order valence-electron chi connectivity index (χ1n) is 7.75. The largest absolute Gasteiger partial charge is 0.334 e. The van der Waals surface area contributed by atoms with Gasteiger partial charge in [0.25, 0.3) is 0 Å². The summed E-state index contributed by atoms with van der Waals surface area (Å²) in [4.78, 5) is 4.62. The lowest BCUT2D eigenvalue weighted by Crippen LogP contribution is -2.32. The predicted octanol–water partition coefficient (Wildman–Crippen LogP) is 3.77. The van der Waals surface area contributed by atoms with Gasteiger partial charge in [0.2, 0.25) is 0 Å². The second-order valence-corrected chi connectivity index (χ2v) is 6.75. The lowest BCUT2D eigenvalue weighted by atomic mass is 9.71. The fraction of sp³-hybridized carbons (Fsp3) is 0.812. The quantitative estimate of drug-likeness (QED) is 0.876. The van der Waals surface area contributed by atoms with Crippen LogP contribution in [0.3, 0.4) is 0 Å². The molecule has 0 aliphatic heterocycles. The van der Waals surface area contributed by atoms with Crippen molar-refractivity contribution in [3.63, 3.8) is 0 Å². The number of hydrogen-bond acceptors (Lipinski definition) is 2. The molecule has 1 unspecified atom stereocenters. The van der Waals surface area contributed by atoms with Crippen LogP contribution in [0.1, 0.15) is 64.7 Å². The van der Waals surface area contributed by atoms with E-state index in [1.54, 1.807) is 0 Å². The van der Waals surface area contributed by atoms with E-state index in [4.69, 9.17) is 0 Å². The van der Waals surface area contributed by atoms with E-state index in [0.717, 1.165) is 18.9 Å². The molecule has 0 spiro atoms. The van der Waals surface area contributed by atoms with Crippen LogP contribution < -0.4 is 5.32 Å². The number of imidazole rings is 1. The number of nitrogens with one attached hydrogen (secondary N) is 1. The van der Waals surface area contributed by atoms with Crippen molar-refractivity contribution in [3.05, 3.63) is 18.2 Å². The molecule has 0 bridgehead atoms. The summed E-state index contributed by atoms with van der Waals surface area (Å²) >= 11 is 0. The summed E-state index contributed by atoms with van der Waals surface area (Å²) in [5.41, 5.74) is 0.535. The van der Waals surface area contributed by atoms with Crippen LogP contribution in [-0.4, -0.2) is 16.6 Å². The van der Waals surface area contributed by atoms with E-state index in [-0.39, 0.29) is 0 Å². The summed E-state index contributed by atoms with van der Waals surface area (Å²) in [6.07, 6.45) is 10.5. The molecule has 1 N–H and O–H groups in total. The molecule has 19 heavy (non-hydrogen) atoms. The fourth-order valence-electron chi connectivity index (χ4n) is 3.36. The molecule has 0 radical (unpaired) electrons. The minimum Gasteiger partial charge on any atom is -0.334 e. The van der Waals surface area contributed by atoms with Crippen molar-refractivity contribution in [1.82, 2.24) is 14.9 Å². The lowest BCUT2D eigenvalue weighted by molar-refractivity contribution is 0.160. The first kappa shape index (κ1) is 14.6. The van der Waals surface area contributed by atoms with Crippen molar-refractivity contribution in [1.29, 1.82) is 0 Å². The van der Waals surface area contributed by atoms with Crippen molar-refractivity contribution in [2.24, 2.45) is 11.3 Å². The molecular weight excluding hydrogens is 234 g/mol. The summed E-state index contributed by atoms with van der Waals surface area (Å²) in [7, 11) is 2.08. The van der Waals surface area contributed by atoms with Gasteiger partial charge in [-0.2, -0.15) is 0 Å². The monoisotopic (exact) mass is 263 g/mol. The van der Waals surface area contributed by atoms with Crippen LogP contribution in [0.15, 0.2) is 12.4 Å². The normalized spacial score (nSPS) is 21.5. The Labute approximate surface area is 117 Å². The molecule has 1 aliphatic carbocycles. The van der Waals surface area contributed by atoms with Gasteiger partial charge in [-0.05, 0) is 50.5 Å². The van der Waals surface area contributed by atoms with Crippen LogP contribution in [0.4, 0.5) is 0 Å². The summed E-state index contributed by atoms with van der Waals surface area (Å²) in [5.74, 6) is 1.96. The Hall–Kier alpha value is -0.830. The van der Waals surface area contributed by atoms with Crippen LogP contribution in [0.25, 0.3) is 0 Å². The smallest absolute Gasteiger partial charge is 0.126 e. The Kier molecular flexibility index (Phi) is 4.67. The van der Waals surface area contributed by atoms with Gasteiger partial charge >= 0.3 is 0 Å². The maximum absolute atomic E-state index is 4.62. The molecule has 1 heterocycles. The van der Waals surface area contributed by atoms with Gasteiger partial charge in [-0.1, -0.05) is 20.8 Å². The van der Waals surface area contributed by atoms with Crippen molar-refractivity contribution >= 4 is 0 Å². The van der Waals surface area contributed by atoms with Crippen LogP contribution in [0, 0.1) is 11.3 Å². The third-order valence-corrected chi connectivity index (χ3v) is 4.66. The van der Waals surface area contributed by atoms with E-state index in [0.29, 0.717) is 11.5 Å². The Balaban J connectivity index is 2.09. The molecule has 0 amide bonds. The minimum atomic E-state index is 0.414. The van der Waals surface area contributed by atoms with Gasteiger partial charge in [-0.25, -0.2) is 4.98 Å². The molecule has 3 nitrogen and oxygen atoms in total. The zero-order valence-corrected chi connectivity index (χ0v) is 12.9. The Morgan fingerprint density at radius 1 is 1.42 bits per heavy atom. The standard InChI is InChI=1S/C16H29N3/c1-5-11-19-12-10-18-15(19)14(17-4)13-6-8-16(2,3)9-7-13/h10,12-14,17H,5-9,11H2,1-4H3. The first-order valence-corrected chi connectivity index (χ1v) is 7.75. The van der Waals surface area contributed by atoms with Gasteiger partial charge in [0.15, 0.2) is 0 Å². The maximum Gasteiger partial charge on any atom is 0.126 e. The average molecular weight is 263 g/mol. The number of hydrogen-bond donors (Lipinski definition) is 1. The van der Waals surface area contributed by atoms with Gasteiger partial charge in [-0.3, -0.25) is 0 Å². The molecule has 1 aromatic heterocycles. The highest BCUT2D eigenvalue weighted by atomic mass is 15.1. The Morgan fingerprint density at radius 3 is 2.68 bits per heavy atom. The number of aromatic nitrogens is 2. The van der Waals surface area contributed by atoms with E-state index in [1.807, 2.05) is 6.20 Å². The molecular formula is C16H29N3. The van der Waals surface area contributed by atoms with Crippen LogP contribution in [-0.2, 0) is 6.54 Å². The molecule has 1 aliphatic rings. The molecule has 1 fully saturated rings. The Morgan fingerprint density at radius 2 is 2.11 bits per heavy atom. The van der Waals surface area contributed by atoms with Gasteiger partial charge < -0.3 is 9.88 Å². The highest BCUT2D eigenvalue weighted by Gasteiger charge is 2.32. The molecule has 1 atom stereocenters. The lowest BCUT2D eigenvalue weighted by Gasteiger charge is -2.37. The van der Waals surface area contributed by atoms with Crippen molar-refractivity contribution in [2.45, 2.75) is 65.5 Å². The van der Waals surface area contributed by atoms with Crippen molar-refractivity contribution in [2.75, 3.05) is 7.05 Å². The van der Waals surface area contributed by atoms with Gasteiger partial charge in [0, 0.05) is 18.9 Å². The second kappa shape index (κ2) is 6.08. The average Bonchev–Trinajstić information content (AvgIpc) is 2.81. The van der Waals surface area contributed by atoms with E-state index < -0.39 is 0 Å². The van der Waals surface area contributed by atoms with Crippen molar-refractivity contribution in [3.8, 4) is 0 Å². The molecule has 0 aromatic carbocycles. The van der Waals surface area contributed by atoms with E-state index in [1.165, 1.54) is 31.5 Å². The van der Waals surface area contributed by atoms with Crippen molar-refractivity contribution < 1.29 is 0 Å². The zero-order valence-electron chi connectivity index (χ0n) is 12.9. The third kappa shape index (κ3) is 3.38. The summed E-state index contributed by atoms with van der Waals surface area (Å²) in [6, 6.07) is 0.414. The van der Waals surface area contributed by atoms with Gasteiger partial charge in [0.1, 0.15) is 5.82 Å². The molecule has 2 rings (SSSR count). The topological polar surface area (TPSA) is 29.9 Å². The summed E-state index contributed by atoms with van der Waals surface area (Å²) < 4.78 is 2.32. The molecule has 108 valence electrons. The van der Waals surface area contributed by atoms with Crippen LogP contribution in [0.5, 0.6) is 0 Å². The Bertz CT molecular complexity index is 384. The summed E-state index contributed by atoms with van der Waals surface area (Å²) in [5, 5.41) is 3.52. The predicted molar refractivity (Wildman–Crippen MR) is 80.1 cm³/mol. The summed E-state index contributed by atoms with van der Waals surface area (Å²) in [6.45, 7) is 8.10. The first-order chi connectivity index (χ1) is 9.07. The molecule has 1 aromatic rings. The fourth-order valence-corrected chi connectivity index (χ4v) is 3.36. The number of rotatable bonds is 5. The van der Waals surface area contributed by atoms with Crippen LogP contribution in [0.2, 0.25) is 0 Å².